The molecule has 1 saturated heterocycles. The van der Waals surface area contributed by atoms with Gasteiger partial charge in [-0.25, -0.2) is 8.42 Å². The second-order valence-electron chi connectivity index (χ2n) is 4.98. The molecule has 0 spiro atoms. The number of phenols is 1. The SMILES string of the molecule is CNC1COCC1C(=O)Nc1cc(S(C)(=O)=O)ccc1O. The van der Waals surface area contributed by atoms with Crippen molar-refractivity contribution in [2.75, 3.05) is 31.8 Å². The van der Waals surface area contributed by atoms with E-state index >= 15 is 0 Å². The van der Waals surface area contributed by atoms with E-state index in [4.69, 9.17) is 4.74 Å². The number of anilines is 1. The van der Waals surface area contributed by atoms with Crippen LogP contribution in [0.25, 0.3) is 0 Å². The molecule has 1 aliphatic rings. The van der Waals surface area contributed by atoms with Gasteiger partial charge in [-0.3, -0.25) is 4.79 Å². The zero-order valence-corrected chi connectivity index (χ0v) is 12.6. The number of hydrogen-bond acceptors (Lipinski definition) is 6. The van der Waals surface area contributed by atoms with E-state index in [1.165, 1.54) is 18.2 Å². The van der Waals surface area contributed by atoms with Gasteiger partial charge in [-0.2, -0.15) is 0 Å². The molecular weight excluding hydrogens is 296 g/mol. The minimum Gasteiger partial charge on any atom is -0.506 e. The topological polar surface area (TPSA) is 105 Å². The second kappa shape index (κ2) is 6.00. The first-order valence-electron chi connectivity index (χ1n) is 6.42. The fraction of sp³-hybridized carbons (Fsp3) is 0.462. The monoisotopic (exact) mass is 314 g/mol. The maximum Gasteiger partial charge on any atom is 0.231 e. The molecular formula is C13H18N2O5S. The molecule has 0 radical (unpaired) electrons. The molecule has 2 unspecified atom stereocenters. The van der Waals surface area contributed by atoms with Crippen molar-refractivity contribution in [1.82, 2.24) is 5.32 Å². The van der Waals surface area contributed by atoms with Crippen molar-refractivity contribution in [2.45, 2.75) is 10.9 Å². The predicted molar refractivity (Wildman–Crippen MR) is 77.0 cm³/mol. The Morgan fingerprint density at radius 3 is 2.71 bits per heavy atom. The van der Waals surface area contributed by atoms with E-state index in [1.807, 2.05) is 0 Å². The van der Waals surface area contributed by atoms with Crippen LogP contribution in [0.15, 0.2) is 23.1 Å². The number of nitrogens with one attached hydrogen (secondary N) is 2. The number of likely N-dealkylation sites (N-methyl/N-ethyl adjacent to an activating group) is 1. The molecule has 1 amide bonds. The predicted octanol–water partition coefficient (Wildman–Crippen LogP) is -0.0314. The first-order chi connectivity index (χ1) is 9.82. The third kappa shape index (κ3) is 3.52. The average molecular weight is 314 g/mol. The highest BCUT2D eigenvalue weighted by Gasteiger charge is 2.33. The molecule has 1 heterocycles. The van der Waals surface area contributed by atoms with Crippen molar-refractivity contribution in [2.24, 2.45) is 5.92 Å². The van der Waals surface area contributed by atoms with Gasteiger partial charge in [0.05, 0.1) is 29.7 Å². The molecule has 1 fully saturated rings. The van der Waals surface area contributed by atoms with E-state index in [9.17, 15) is 18.3 Å². The van der Waals surface area contributed by atoms with Gasteiger partial charge in [-0.15, -0.1) is 0 Å². The summed E-state index contributed by atoms with van der Waals surface area (Å²) in [5.41, 5.74) is 0.0738. The minimum atomic E-state index is -3.41. The molecule has 1 aromatic carbocycles. The third-order valence-electron chi connectivity index (χ3n) is 3.44. The Bertz CT molecular complexity index is 644. The van der Waals surface area contributed by atoms with Crippen LogP contribution in [-0.4, -0.2) is 52.0 Å². The van der Waals surface area contributed by atoms with Gasteiger partial charge in [0.25, 0.3) is 0 Å². The number of ether oxygens (including phenoxy) is 1. The van der Waals surface area contributed by atoms with Gasteiger partial charge in [-0.1, -0.05) is 0 Å². The van der Waals surface area contributed by atoms with Gasteiger partial charge >= 0.3 is 0 Å². The van der Waals surface area contributed by atoms with Crippen molar-refractivity contribution in [3.8, 4) is 5.75 Å². The van der Waals surface area contributed by atoms with Crippen LogP contribution in [0.1, 0.15) is 0 Å². The van der Waals surface area contributed by atoms with Crippen molar-refractivity contribution >= 4 is 21.4 Å². The fourth-order valence-corrected chi connectivity index (χ4v) is 2.82. The largest absolute Gasteiger partial charge is 0.506 e. The van der Waals surface area contributed by atoms with E-state index in [0.717, 1.165) is 6.26 Å². The van der Waals surface area contributed by atoms with E-state index in [1.54, 1.807) is 7.05 Å². The lowest BCUT2D eigenvalue weighted by atomic mass is 10.0. The Balaban J connectivity index is 2.21. The van der Waals surface area contributed by atoms with Gasteiger partial charge < -0.3 is 20.5 Å². The summed E-state index contributed by atoms with van der Waals surface area (Å²) >= 11 is 0. The molecule has 1 aromatic rings. The molecule has 3 N–H and O–H groups in total. The molecule has 0 aromatic heterocycles. The molecule has 116 valence electrons. The van der Waals surface area contributed by atoms with Gasteiger partial charge in [-0.05, 0) is 25.2 Å². The maximum atomic E-state index is 12.2. The third-order valence-corrected chi connectivity index (χ3v) is 4.55. The first-order valence-corrected chi connectivity index (χ1v) is 8.31. The van der Waals surface area contributed by atoms with Crippen molar-refractivity contribution in [3.63, 3.8) is 0 Å². The van der Waals surface area contributed by atoms with Crippen LogP contribution >= 0.6 is 0 Å². The van der Waals surface area contributed by atoms with Crippen LogP contribution in [0.5, 0.6) is 5.75 Å². The number of carbonyl (C=O) groups is 1. The normalized spacial score (nSPS) is 22.2. The van der Waals surface area contributed by atoms with Crippen LogP contribution in [-0.2, 0) is 19.4 Å². The Morgan fingerprint density at radius 1 is 1.38 bits per heavy atom. The highest BCUT2D eigenvalue weighted by Crippen LogP contribution is 2.27. The van der Waals surface area contributed by atoms with Crippen LogP contribution in [0.3, 0.4) is 0 Å². The van der Waals surface area contributed by atoms with Crippen LogP contribution in [0, 0.1) is 5.92 Å². The number of benzene rings is 1. The fourth-order valence-electron chi connectivity index (χ4n) is 2.17. The number of phenolic OH excluding ortho intramolecular Hbond substituents is 1. The van der Waals surface area contributed by atoms with E-state index in [-0.39, 0.29) is 34.9 Å². The summed E-state index contributed by atoms with van der Waals surface area (Å²) in [6.07, 6.45) is 1.06. The van der Waals surface area contributed by atoms with Crippen molar-refractivity contribution in [1.29, 1.82) is 0 Å². The van der Waals surface area contributed by atoms with Crippen LogP contribution in [0.2, 0.25) is 0 Å². The molecule has 0 aliphatic carbocycles. The van der Waals surface area contributed by atoms with Gasteiger partial charge in [0, 0.05) is 12.3 Å². The molecule has 2 rings (SSSR count). The summed E-state index contributed by atoms with van der Waals surface area (Å²) in [4.78, 5) is 12.2. The number of carbonyl (C=O) groups excluding carboxylic acids is 1. The second-order valence-corrected chi connectivity index (χ2v) is 7.00. The van der Waals surface area contributed by atoms with Crippen LogP contribution in [0.4, 0.5) is 5.69 Å². The summed E-state index contributed by atoms with van der Waals surface area (Å²) in [7, 11) is -1.67. The smallest absolute Gasteiger partial charge is 0.231 e. The van der Waals surface area contributed by atoms with E-state index in [0.29, 0.717) is 6.61 Å². The number of rotatable bonds is 4. The Morgan fingerprint density at radius 2 is 2.10 bits per heavy atom. The molecule has 0 bridgehead atoms. The number of amides is 1. The molecule has 8 heteroatoms. The zero-order valence-electron chi connectivity index (χ0n) is 11.8. The van der Waals surface area contributed by atoms with Crippen molar-refractivity contribution < 1.29 is 23.1 Å². The molecule has 21 heavy (non-hydrogen) atoms. The lowest BCUT2D eigenvalue weighted by Gasteiger charge is -2.17. The van der Waals surface area contributed by atoms with Gasteiger partial charge in [0.15, 0.2) is 9.84 Å². The zero-order chi connectivity index (χ0) is 15.6. The highest BCUT2D eigenvalue weighted by atomic mass is 32.2. The minimum absolute atomic E-state index is 0.0310. The summed E-state index contributed by atoms with van der Waals surface area (Å²) in [5, 5.41) is 15.3. The molecule has 1 aliphatic heterocycles. The summed E-state index contributed by atoms with van der Waals surface area (Å²) in [6, 6.07) is 3.67. The number of aromatic hydroxyl groups is 1. The van der Waals surface area contributed by atoms with Crippen LogP contribution < -0.4 is 10.6 Å². The Labute approximate surface area is 123 Å². The van der Waals surface area contributed by atoms with E-state index < -0.39 is 15.8 Å². The van der Waals surface area contributed by atoms with E-state index in [2.05, 4.69) is 10.6 Å². The number of sulfone groups is 1. The maximum absolute atomic E-state index is 12.2. The highest BCUT2D eigenvalue weighted by molar-refractivity contribution is 7.90. The summed E-state index contributed by atoms with van der Waals surface area (Å²) in [6.45, 7) is 0.716. The van der Waals surface area contributed by atoms with Gasteiger partial charge in [0.2, 0.25) is 5.91 Å². The Kier molecular flexibility index (Phi) is 4.50. The first kappa shape index (κ1) is 15.7. The Hall–Kier alpha value is -1.64. The summed E-state index contributed by atoms with van der Waals surface area (Å²) in [5.74, 6) is -0.903. The molecule has 2 atom stereocenters. The average Bonchev–Trinajstić information content (AvgIpc) is 2.88. The van der Waals surface area contributed by atoms with Crippen molar-refractivity contribution in [3.05, 3.63) is 18.2 Å². The summed E-state index contributed by atoms with van der Waals surface area (Å²) < 4.78 is 28.3. The molecule has 7 nitrogen and oxygen atoms in total. The number of hydrogen-bond donors (Lipinski definition) is 3. The lowest BCUT2D eigenvalue weighted by Crippen LogP contribution is -2.39. The standard InChI is InChI=1S/C13H18N2O5S/c1-14-11-7-20-6-9(11)13(17)15-10-5-8(21(2,18)19)3-4-12(10)16/h3-5,9,11,14,16H,6-7H2,1-2H3,(H,15,17). The lowest BCUT2D eigenvalue weighted by molar-refractivity contribution is -0.120. The molecule has 0 saturated carbocycles. The quantitative estimate of drug-likeness (QED) is 0.674. The van der Waals surface area contributed by atoms with Gasteiger partial charge in [0.1, 0.15) is 5.75 Å².